The van der Waals surface area contributed by atoms with Gasteiger partial charge in [-0.1, -0.05) is 32.0 Å². The molecule has 0 radical (unpaired) electrons. The maximum atomic E-state index is 6.27. The Kier molecular flexibility index (Phi) is 2.47. The van der Waals surface area contributed by atoms with E-state index in [9.17, 15) is 0 Å². The van der Waals surface area contributed by atoms with Gasteiger partial charge < -0.3 is 10.5 Å². The molecular formula is C13H19NO. The van der Waals surface area contributed by atoms with Gasteiger partial charge in [-0.05, 0) is 23.8 Å². The van der Waals surface area contributed by atoms with E-state index < -0.39 is 0 Å². The average molecular weight is 205 g/mol. The third-order valence-corrected chi connectivity index (χ3v) is 3.52. The number of ether oxygens (including phenoxy) is 1. The van der Waals surface area contributed by atoms with Crippen molar-refractivity contribution in [3.05, 3.63) is 29.8 Å². The lowest BCUT2D eigenvalue weighted by molar-refractivity contribution is 0.397. The Morgan fingerprint density at radius 1 is 1.40 bits per heavy atom. The lowest BCUT2D eigenvalue weighted by atomic mass is 9.97. The van der Waals surface area contributed by atoms with Crippen LogP contribution >= 0.6 is 0 Å². The number of nitrogens with two attached hydrogens (primary N) is 1. The highest BCUT2D eigenvalue weighted by Gasteiger charge is 2.49. The first-order valence-electron chi connectivity index (χ1n) is 5.45. The molecule has 0 heterocycles. The van der Waals surface area contributed by atoms with E-state index in [-0.39, 0.29) is 6.04 Å². The van der Waals surface area contributed by atoms with Crippen molar-refractivity contribution in [2.75, 3.05) is 7.11 Å². The SMILES string of the molecule is COc1ccccc1C(N)C1CC1(C)C. The van der Waals surface area contributed by atoms with Crippen molar-refractivity contribution in [3.63, 3.8) is 0 Å². The Morgan fingerprint density at radius 2 is 2.00 bits per heavy atom. The number of hydrogen-bond donors (Lipinski definition) is 1. The van der Waals surface area contributed by atoms with Gasteiger partial charge in [-0.3, -0.25) is 0 Å². The Labute approximate surface area is 91.4 Å². The first kappa shape index (κ1) is 10.5. The molecule has 1 saturated carbocycles. The summed E-state index contributed by atoms with van der Waals surface area (Å²) in [5.74, 6) is 1.50. The van der Waals surface area contributed by atoms with E-state index in [2.05, 4.69) is 19.9 Å². The van der Waals surface area contributed by atoms with E-state index in [4.69, 9.17) is 10.5 Å². The molecule has 1 aromatic carbocycles. The summed E-state index contributed by atoms with van der Waals surface area (Å²) >= 11 is 0. The van der Waals surface area contributed by atoms with Crippen LogP contribution in [0.25, 0.3) is 0 Å². The largest absolute Gasteiger partial charge is 0.496 e. The third kappa shape index (κ3) is 1.86. The van der Waals surface area contributed by atoms with Gasteiger partial charge in [0.2, 0.25) is 0 Å². The molecule has 0 amide bonds. The van der Waals surface area contributed by atoms with Gasteiger partial charge in [0.1, 0.15) is 5.75 Å². The predicted molar refractivity (Wildman–Crippen MR) is 61.8 cm³/mol. The fourth-order valence-corrected chi connectivity index (χ4v) is 2.28. The molecular weight excluding hydrogens is 186 g/mol. The molecule has 1 fully saturated rings. The summed E-state index contributed by atoms with van der Waals surface area (Å²) in [6.45, 7) is 4.54. The highest BCUT2D eigenvalue weighted by Crippen LogP contribution is 2.57. The van der Waals surface area contributed by atoms with Crippen LogP contribution in [0.1, 0.15) is 31.9 Å². The van der Waals surface area contributed by atoms with Crippen molar-refractivity contribution in [2.24, 2.45) is 17.1 Å². The second-order valence-corrected chi connectivity index (χ2v) is 5.07. The third-order valence-electron chi connectivity index (χ3n) is 3.52. The van der Waals surface area contributed by atoms with Crippen molar-refractivity contribution in [3.8, 4) is 5.75 Å². The summed E-state index contributed by atoms with van der Waals surface area (Å²) in [5, 5.41) is 0. The Hall–Kier alpha value is -1.02. The second-order valence-electron chi connectivity index (χ2n) is 5.07. The van der Waals surface area contributed by atoms with Crippen LogP contribution in [0, 0.1) is 11.3 Å². The summed E-state index contributed by atoms with van der Waals surface area (Å²) in [4.78, 5) is 0. The Morgan fingerprint density at radius 3 is 2.53 bits per heavy atom. The molecule has 82 valence electrons. The molecule has 1 aliphatic carbocycles. The lowest BCUT2D eigenvalue weighted by Crippen LogP contribution is -2.16. The van der Waals surface area contributed by atoms with Crippen LogP contribution in [-0.2, 0) is 0 Å². The van der Waals surface area contributed by atoms with Gasteiger partial charge in [-0.25, -0.2) is 0 Å². The number of benzene rings is 1. The normalized spacial score (nSPS) is 24.7. The van der Waals surface area contributed by atoms with Gasteiger partial charge in [-0.15, -0.1) is 0 Å². The van der Waals surface area contributed by atoms with Crippen molar-refractivity contribution in [2.45, 2.75) is 26.3 Å². The summed E-state index contributed by atoms with van der Waals surface area (Å²) in [6.07, 6.45) is 1.21. The van der Waals surface area contributed by atoms with Crippen LogP contribution in [-0.4, -0.2) is 7.11 Å². The molecule has 0 aromatic heterocycles. The predicted octanol–water partition coefficient (Wildman–Crippen LogP) is 2.74. The van der Waals surface area contributed by atoms with E-state index in [1.165, 1.54) is 6.42 Å². The van der Waals surface area contributed by atoms with Crippen molar-refractivity contribution < 1.29 is 4.74 Å². The molecule has 1 aromatic rings. The van der Waals surface area contributed by atoms with E-state index in [1.807, 2.05) is 18.2 Å². The molecule has 2 nitrogen and oxygen atoms in total. The summed E-state index contributed by atoms with van der Waals surface area (Å²) in [5.41, 5.74) is 7.81. The lowest BCUT2D eigenvalue weighted by Gasteiger charge is -2.16. The quantitative estimate of drug-likeness (QED) is 0.823. The van der Waals surface area contributed by atoms with E-state index in [0.717, 1.165) is 11.3 Å². The standard InChI is InChI=1S/C13H19NO/c1-13(2)8-10(13)12(14)9-6-4-5-7-11(9)15-3/h4-7,10,12H,8,14H2,1-3H3. The maximum absolute atomic E-state index is 6.27. The van der Waals surface area contributed by atoms with Crippen molar-refractivity contribution in [1.29, 1.82) is 0 Å². The monoisotopic (exact) mass is 205 g/mol. The highest BCUT2D eigenvalue weighted by atomic mass is 16.5. The Balaban J connectivity index is 2.22. The van der Waals surface area contributed by atoms with Crippen LogP contribution < -0.4 is 10.5 Å². The highest BCUT2D eigenvalue weighted by molar-refractivity contribution is 5.37. The maximum Gasteiger partial charge on any atom is 0.123 e. The zero-order chi connectivity index (χ0) is 11.1. The number of rotatable bonds is 3. The van der Waals surface area contributed by atoms with Gasteiger partial charge in [-0.2, -0.15) is 0 Å². The summed E-state index contributed by atoms with van der Waals surface area (Å²) < 4.78 is 5.33. The average Bonchev–Trinajstić information content (AvgIpc) is 2.86. The molecule has 0 aliphatic heterocycles. The number of hydrogen-bond acceptors (Lipinski definition) is 2. The van der Waals surface area contributed by atoms with Gasteiger partial charge in [0.05, 0.1) is 7.11 Å². The van der Waals surface area contributed by atoms with Crippen molar-refractivity contribution in [1.82, 2.24) is 0 Å². The molecule has 0 bridgehead atoms. The first-order chi connectivity index (χ1) is 7.06. The fraction of sp³-hybridized carbons (Fsp3) is 0.538. The molecule has 2 unspecified atom stereocenters. The molecule has 2 heteroatoms. The molecule has 0 saturated heterocycles. The van der Waals surface area contributed by atoms with Gasteiger partial charge in [0, 0.05) is 11.6 Å². The van der Waals surface area contributed by atoms with Crippen molar-refractivity contribution >= 4 is 0 Å². The van der Waals surface area contributed by atoms with Gasteiger partial charge in [0.15, 0.2) is 0 Å². The first-order valence-corrected chi connectivity index (χ1v) is 5.45. The minimum atomic E-state index is 0.108. The smallest absolute Gasteiger partial charge is 0.123 e. The molecule has 15 heavy (non-hydrogen) atoms. The number of para-hydroxylation sites is 1. The Bertz CT molecular complexity index is 359. The topological polar surface area (TPSA) is 35.2 Å². The molecule has 2 rings (SSSR count). The van der Waals surface area contributed by atoms with Crippen LogP contribution in [0.5, 0.6) is 5.75 Å². The van der Waals surface area contributed by atoms with Gasteiger partial charge >= 0.3 is 0 Å². The van der Waals surface area contributed by atoms with Gasteiger partial charge in [0.25, 0.3) is 0 Å². The second kappa shape index (κ2) is 3.53. The molecule has 0 spiro atoms. The summed E-state index contributed by atoms with van der Waals surface area (Å²) in [6, 6.07) is 8.15. The molecule has 2 N–H and O–H groups in total. The zero-order valence-electron chi connectivity index (χ0n) is 9.66. The molecule has 1 aliphatic rings. The van der Waals surface area contributed by atoms with E-state index >= 15 is 0 Å². The zero-order valence-corrected chi connectivity index (χ0v) is 9.66. The minimum Gasteiger partial charge on any atom is -0.496 e. The van der Waals surface area contributed by atoms with Crippen LogP contribution in [0.3, 0.4) is 0 Å². The number of methoxy groups -OCH3 is 1. The van der Waals surface area contributed by atoms with Crippen LogP contribution in [0.15, 0.2) is 24.3 Å². The summed E-state index contributed by atoms with van der Waals surface area (Å²) in [7, 11) is 1.70. The minimum absolute atomic E-state index is 0.108. The van der Waals surface area contributed by atoms with Crippen LogP contribution in [0.4, 0.5) is 0 Å². The molecule has 2 atom stereocenters. The fourth-order valence-electron chi connectivity index (χ4n) is 2.28. The van der Waals surface area contributed by atoms with E-state index in [1.54, 1.807) is 7.11 Å². The van der Waals surface area contributed by atoms with Crippen LogP contribution in [0.2, 0.25) is 0 Å². The van der Waals surface area contributed by atoms with E-state index in [0.29, 0.717) is 11.3 Å².